The van der Waals surface area contributed by atoms with Crippen molar-refractivity contribution in [1.82, 2.24) is 4.90 Å². The van der Waals surface area contributed by atoms with E-state index in [4.69, 9.17) is 28.9 Å². The van der Waals surface area contributed by atoms with Gasteiger partial charge in [-0.15, -0.1) is 11.3 Å². The van der Waals surface area contributed by atoms with Gasteiger partial charge in [0.2, 0.25) is 0 Å². The van der Waals surface area contributed by atoms with Gasteiger partial charge >= 0.3 is 0 Å². The molecule has 20 heavy (non-hydrogen) atoms. The second-order valence-corrected chi connectivity index (χ2v) is 6.69. The van der Waals surface area contributed by atoms with Crippen molar-refractivity contribution in [3.63, 3.8) is 0 Å². The van der Waals surface area contributed by atoms with Crippen LogP contribution in [0, 0.1) is 6.92 Å². The Hall–Kier alpha value is -1.23. The quantitative estimate of drug-likeness (QED) is 0.916. The van der Waals surface area contributed by atoms with Crippen LogP contribution < -0.4 is 5.73 Å². The summed E-state index contributed by atoms with van der Waals surface area (Å²) in [5, 5.41) is 1.12. The molecule has 1 amide bonds. The summed E-state index contributed by atoms with van der Waals surface area (Å²) in [6.45, 7) is 2.34. The number of rotatable bonds is 3. The molecule has 3 nitrogen and oxygen atoms in total. The largest absolute Gasteiger partial charge is 0.398 e. The fourth-order valence-electron chi connectivity index (χ4n) is 1.84. The summed E-state index contributed by atoms with van der Waals surface area (Å²) in [5.41, 5.74) is 7.31. The van der Waals surface area contributed by atoms with Crippen molar-refractivity contribution in [3.05, 3.63) is 49.6 Å². The van der Waals surface area contributed by atoms with Gasteiger partial charge in [-0.05, 0) is 36.8 Å². The van der Waals surface area contributed by atoms with Crippen molar-refractivity contribution in [2.45, 2.75) is 13.5 Å². The van der Waals surface area contributed by atoms with Crippen LogP contribution in [0.4, 0.5) is 5.69 Å². The fraction of sp³-hybridized carbons (Fsp3) is 0.214. The van der Waals surface area contributed by atoms with Crippen molar-refractivity contribution < 1.29 is 4.79 Å². The number of benzene rings is 1. The molecule has 0 aliphatic carbocycles. The van der Waals surface area contributed by atoms with Crippen LogP contribution in [0.25, 0.3) is 0 Å². The maximum Gasteiger partial charge on any atom is 0.264 e. The second-order valence-electron chi connectivity index (χ2n) is 4.56. The Morgan fingerprint density at radius 3 is 2.35 bits per heavy atom. The Bertz CT molecular complexity index is 615. The molecule has 0 saturated carbocycles. The second kappa shape index (κ2) is 6.04. The number of amides is 1. The summed E-state index contributed by atoms with van der Waals surface area (Å²) in [4.78, 5) is 15.5. The first kappa shape index (κ1) is 15.2. The number of hydrogen-bond donors (Lipinski definition) is 1. The summed E-state index contributed by atoms with van der Waals surface area (Å²) in [6, 6.07) is 6.97. The highest BCUT2D eigenvalue weighted by Crippen LogP contribution is 2.25. The van der Waals surface area contributed by atoms with Gasteiger partial charge in [0, 0.05) is 34.2 Å². The summed E-state index contributed by atoms with van der Waals surface area (Å²) in [7, 11) is 1.74. The number of carbonyl (C=O) groups excluding carboxylic acids is 1. The number of nitrogen functional groups attached to an aromatic ring is 1. The van der Waals surface area contributed by atoms with Gasteiger partial charge in [0.15, 0.2) is 0 Å². The maximum absolute atomic E-state index is 12.3. The number of nitrogens with zero attached hydrogens (tertiary/aromatic N) is 1. The van der Waals surface area contributed by atoms with E-state index in [1.165, 1.54) is 11.3 Å². The normalized spacial score (nSPS) is 10.6. The first-order chi connectivity index (χ1) is 9.36. The van der Waals surface area contributed by atoms with Crippen molar-refractivity contribution >= 4 is 46.1 Å². The van der Waals surface area contributed by atoms with Crippen LogP contribution >= 0.6 is 34.5 Å². The average molecular weight is 329 g/mol. The molecule has 0 aliphatic heterocycles. The third-order valence-corrected chi connectivity index (χ3v) is 4.35. The molecule has 106 valence electrons. The van der Waals surface area contributed by atoms with Gasteiger partial charge < -0.3 is 10.6 Å². The Morgan fingerprint density at radius 1 is 1.25 bits per heavy atom. The van der Waals surface area contributed by atoms with Gasteiger partial charge in [0.1, 0.15) is 0 Å². The van der Waals surface area contributed by atoms with E-state index in [-0.39, 0.29) is 5.91 Å². The van der Waals surface area contributed by atoms with E-state index in [1.54, 1.807) is 36.2 Å². The van der Waals surface area contributed by atoms with E-state index in [1.807, 2.05) is 6.92 Å². The molecule has 2 rings (SSSR count). The SMILES string of the molecule is Cc1sc(C(=O)N(C)Cc2cc(Cl)cc(Cl)c2)cc1N. The first-order valence-electron chi connectivity index (χ1n) is 5.93. The fourth-order valence-corrected chi connectivity index (χ4v) is 3.34. The molecule has 2 aromatic rings. The van der Waals surface area contributed by atoms with Crippen LogP contribution in [-0.2, 0) is 6.54 Å². The zero-order chi connectivity index (χ0) is 14.9. The molecule has 2 N–H and O–H groups in total. The van der Waals surface area contributed by atoms with Gasteiger partial charge in [-0.1, -0.05) is 23.2 Å². The molecule has 0 unspecified atom stereocenters. The monoisotopic (exact) mass is 328 g/mol. The van der Waals surface area contributed by atoms with Crippen molar-refractivity contribution in [2.24, 2.45) is 0 Å². The Balaban J connectivity index is 2.15. The van der Waals surface area contributed by atoms with E-state index < -0.39 is 0 Å². The molecule has 1 aromatic carbocycles. The predicted octanol–water partition coefficient (Wildman–Crippen LogP) is 4.22. The van der Waals surface area contributed by atoms with Crippen molar-refractivity contribution in [1.29, 1.82) is 0 Å². The molecule has 0 atom stereocenters. The smallest absolute Gasteiger partial charge is 0.264 e. The van der Waals surface area contributed by atoms with Gasteiger partial charge in [-0.2, -0.15) is 0 Å². The third kappa shape index (κ3) is 3.45. The Kier molecular flexibility index (Phi) is 4.58. The third-order valence-electron chi connectivity index (χ3n) is 2.86. The minimum Gasteiger partial charge on any atom is -0.398 e. The number of halogens is 2. The van der Waals surface area contributed by atoms with E-state index in [9.17, 15) is 4.79 Å². The molecular weight excluding hydrogens is 315 g/mol. The van der Waals surface area contributed by atoms with Crippen LogP contribution in [0.5, 0.6) is 0 Å². The minimum absolute atomic E-state index is 0.0640. The lowest BCUT2D eigenvalue weighted by Gasteiger charge is -2.16. The summed E-state index contributed by atoms with van der Waals surface area (Å²) >= 11 is 13.3. The molecule has 0 bridgehead atoms. The molecule has 0 radical (unpaired) electrons. The number of hydrogen-bond acceptors (Lipinski definition) is 3. The number of anilines is 1. The van der Waals surface area contributed by atoms with E-state index >= 15 is 0 Å². The summed E-state index contributed by atoms with van der Waals surface area (Å²) in [5.74, 6) is -0.0640. The number of carbonyl (C=O) groups is 1. The van der Waals surface area contributed by atoms with Crippen LogP contribution in [-0.4, -0.2) is 17.9 Å². The maximum atomic E-state index is 12.3. The lowest BCUT2D eigenvalue weighted by atomic mass is 10.2. The van der Waals surface area contributed by atoms with E-state index in [0.29, 0.717) is 27.2 Å². The number of aryl methyl sites for hydroxylation is 1. The summed E-state index contributed by atoms with van der Waals surface area (Å²) in [6.07, 6.45) is 0. The van der Waals surface area contributed by atoms with Crippen LogP contribution in [0.2, 0.25) is 10.0 Å². The highest BCUT2D eigenvalue weighted by molar-refractivity contribution is 7.14. The van der Waals surface area contributed by atoms with Crippen molar-refractivity contribution in [3.8, 4) is 0 Å². The predicted molar refractivity (Wildman–Crippen MR) is 85.7 cm³/mol. The van der Waals surface area contributed by atoms with E-state index in [0.717, 1.165) is 10.4 Å². The first-order valence-corrected chi connectivity index (χ1v) is 7.50. The zero-order valence-corrected chi connectivity index (χ0v) is 13.4. The van der Waals surface area contributed by atoms with Gasteiger partial charge in [0.05, 0.1) is 4.88 Å². The number of nitrogens with two attached hydrogens (primary N) is 1. The van der Waals surface area contributed by atoms with Gasteiger partial charge in [-0.25, -0.2) is 0 Å². The molecule has 0 aliphatic rings. The number of thiophene rings is 1. The van der Waals surface area contributed by atoms with E-state index in [2.05, 4.69) is 0 Å². The zero-order valence-electron chi connectivity index (χ0n) is 11.1. The van der Waals surface area contributed by atoms with Gasteiger partial charge in [0.25, 0.3) is 5.91 Å². The van der Waals surface area contributed by atoms with Crippen LogP contribution in [0.15, 0.2) is 24.3 Å². The molecular formula is C14H14Cl2N2OS. The molecule has 0 fully saturated rings. The lowest BCUT2D eigenvalue weighted by Crippen LogP contribution is -2.25. The average Bonchev–Trinajstić information content (AvgIpc) is 2.67. The Morgan fingerprint density at radius 2 is 1.85 bits per heavy atom. The molecule has 6 heteroatoms. The lowest BCUT2D eigenvalue weighted by molar-refractivity contribution is 0.0790. The van der Waals surface area contributed by atoms with Crippen LogP contribution in [0.3, 0.4) is 0 Å². The summed E-state index contributed by atoms with van der Waals surface area (Å²) < 4.78 is 0. The van der Waals surface area contributed by atoms with Crippen LogP contribution in [0.1, 0.15) is 20.1 Å². The minimum atomic E-state index is -0.0640. The van der Waals surface area contributed by atoms with Crippen molar-refractivity contribution in [2.75, 3.05) is 12.8 Å². The molecule has 0 spiro atoms. The Labute approximate surface area is 131 Å². The van der Waals surface area contributed by atoms with Gasteiger partial charge in [-0.3, -0.25) is 4.79 Å². The standard InChI is InChI=1S/C14H14Cl2N2OS/c1-8-12(17)6-13(20-8)14(19)18(2)7-9-3-10(15)5-11(16)4-9/h3-6H,7,17H2,1-2H3. The molecule has 1 aromatic heterocycles. The highest BCUT2D eigenvalue weighted by atomic mass is 35.5. The highest BCUT2D eigenvalue weighted by Gasteiger charge is 2.16. The molecule has 0 saturated heterocycles. The topological polar surface area (TPSA) is 46.3 Å². The molecule has 1 heterocycles.